The molecule has 0 aliphatic rings. The quantitative estimate of drug-likeness (QED) is 0.682. The summed E-state index contributed by atoms with van der Waals surface area (Å²) in [6.45, 7) is 2.53. The Balaban J connectivity index is 1.99. The predicted octanol–water partition coefficient (Wildman–Crippen LogP) is 3.79. The first-order chi connectivity index (χ1) is 12.3. The Bertz CT molecular complexity index is 947. The second kappa shape index (κ2) is 7.08. The number of rotatable bonds is 5. The van der Waals surface area contributed by atoms with Gasteiger partial charge in [0.25, 0.3) is 5.91 Å². The van der Waals surface area contributed by atoms with Crippen LogP contribution in [0.15, 0.2) is 30.3 Å². The van der Waals surface area contributed by atoms with Crippen LogP contribution in [0.25, 0.3) is 15.9 Å². The molecule has 138 valence electrons. The fourth-order valence-electron chi connectivity index (χ4n) is 2.50. The first-order valence-electron chi connectivity index (χ1n) is 7.75. The summed E-state index contributed by atoms with van der Waals surface area (Å²) >= 11 is 1.19. The zero-order valence-electron chi connectivity index (χ0n) is 14.1. The molecule has 1 N–H and O–H groups in total. The van der Waals surface area contributed by atoms with Crippen molar-refractivity contribution in [2.45, 2.75) is 13.1 Å². The lowest BCUT2D eigenvalue weighted by molar-refractivity contribution is -0.137. The molecule has 0 saturated heterocycles. The SMILES string of the molecule is COCCNC(=O)c1cc2c(C)nn(-c3cccc(C(F)(F)F)c3)c2s1. The molecule has 3 rings (SSSR count). The van der Waals surface area contributed by atoms with Gasteiger partial charge in [-0.15, -0.1) is 11.3 Å². The number of alkyl halides is 3. The van der Waals surface area contributed by atoms with Crippen molar-refractivity contribution in [2.75, 3.05) is 20.3 Å². The summed E-state index contributed by atoms with van der Waals surface area (Å²) in [5.41, 5.74) is 0.195. The van der Waals surface area contributed by atoms with E-state index in [9.17, 15) is 18.0 Å². The molecule has 5 nitrogen and oxygen atoms in total. The van der Waals surface area contributed by atoms with Crippen molar-refractivity contribution in [1.82, 2.24) is 15.1 Å². The number of methoxy groups -OCH3 is 1. The highest BCUT2D eigenvalue weighted by atomic mass is 32.1. The van der Waals surface area contributed by atoms with Crippen LogP contribution in [0.3, 0.4) is 0 Å². The third-order valence-corrected chi connectivity index (χ3v) is 4.89. The van der Waals surface area contributed by atoms with E-state index in [1.807, 2.05) is 0 Å². The van der Waals surface area contributed by atoms with Crippen LogP contribution in [0.5, 0.6) is 0 Å². The summed E-state index contributed by atoms with van der Waals surface area (Å²) in [6, 6.07) is 6.66. The van der Waals surface area contributed by atoms with Crippen LogP contribution in [0.1, 0.15) is 20.9 Å². The zero-order valence-corrected chi connectivity index (χ0v) is 14.9. The van der Waals surface area contributed by atoms with E-state index in [2.05, 4.69) is 10.4 Å². The molecule has 0 saturated carbocycles. The second-order valence-corrected chi connectivity index (χ2v) is 6.65. The number of amides is 1. The predicted molar refractivity (Wildman–Crippen MR) is 92.9 cm³/mol. The van der Waals surface area contributed by atoms with Crippen molar-refractivity contribution in [3.05, 3.63) is 46.5 Å². The fourth-order valence-corrected chi connectivity index (χ4v) is 3.60. The van der Waals surface area contributed by atoms with Gasteiger partial charge in [0, 0.05) is 19.0 Å². The standard InChI is InChI=1S/C17H16F3N3O2S/c1-10-13-9-14(15(24)21-6-7-25-2)26-16(13)23(22-10)12-5-3-4-11(8-12)17(18,19)20/h3-5,8-9H,6-7H2,1-2H3,(H,21,24). The molecule has 3 aromatic rings. The van der Waals surface area contributed by atoms with Crippen molar-refractivity contribution in [3.63, 3.8) is 0 Å². The van der Waals surface area contributed by atoms with Gasteiger partial charge in [0.05, 0.1) is 28.4 Å². The van der Waals surface area contributed by atoms with Crippen LogP contribution in [-0.2, 0) is 10.9 Å². The van der Waals surface area contributed by atoms with E-state index in [0.29, 0.717) is 34.2 Å². The minimum atomic E-state index is -4.43. The minimum absolute atomic E-state index is 0.252. The summed E-state index contributed by atoms with van der Waals surface area (Å²) in [7, 11) is 1.54. The van der Waals surface area contributed by atoms with E-state index >= 15 is 0 Å². The van der Waals surface area contributed by atoms with Gasteiger partial charge in [0.2, 0.25) is 0 Å². The summed E-state index contributed by atoms with van der Waals surface area (Å²) in [6.07, 6.45) is -4.43. The Morgan fingerprint density at radius 2 is 2.12 bits per heavy atom. The number of carbonyl (C=O) groups is 1. The monoisotopic (exact) mass is 383 g/mol. The Morgan fingerprint density at radius 1 is 1.35 bits per heavy atom. The van der Waals surface area contributed by atoms with Gasteiger partial charge >= 0.3 is 6.18 Å². The Labute approximate surface area is 151 Å². The normalized spacial score (nSPS) is 11.9. The van der Waals surface area contributed by atoms with Gasteiger partial charge in [-0.25, -0.2) is 4.68 Å². The van der Waals surface area contributed by atoms with E-state index in [1.54, 1.807) is 26.2 Å². The van der Waals surface area contributed by atoms with E-state index in [1.165, 1.54) is 22.1 Å². The lowest BCUT2D eigenvalue weighted by atomic mass is 10.2. The molecule has 0 bridgehead atoms. The highest BCUT2D eigenvalue weighted by molar-refractivity contribution is 7.20. The number of halogens is 3. The number of benzene rings is 1. The Kier molecular flexibility index (Phi) is 5.01. The number of carbonyl (C=O) groups excluding carboxylic acids is 1. The summed E-state index contributed by atoms with van der Waals surface area (Å²) in [4.78, 5) is 13.3. The lowest BCUT2D eigenvalue weighted by Crippen LogP contribution is -2.26. The second-order valence-electron chi connectivity index (χ2n) is 5.62. The average Bonchev–Trinajstić information content (AvgIpc) is 3.15. The van der Waals surface area contributed by atoms with Crippen molar-refractivity contribution in [2.24, 2.45) is 0 Å². The largest absolute Gasteiger partial charge is 0.416 e. The number of aryl methyl sites for hydroxylation is 1. The third kappa shape index (κ3) is 3.58. The smallest absolute Gasteiger partial charge is 0.383 e. The van der Waals surface area contributed by atoms with Crippen LogP contribution in [0, 0.1) is 6.92 Å². The topological polar surface area (TPSA) is 56.1 Å². The molecule has 1 amide bonds. The molecule has 2 heterocycles. The van der Waals surface area contributed by atoms with Crippen LogP contribution in [0.2, 0.25) is 0 Å². The van der Waals surface area contributed by atoms with Crippen molar-refractivity contribution < 1.29 is 22.7 Å². The molecule has 0 fully saturated rings. The van der Waals surface area contributed by atoms with Crippen LogP contribution >= 0.6 is 11.3 Å². The number of fused-ring (bicyclic) bond motifs is 1. The lowest BCUT2D eigenvalue weighted by Gasteiger charge is -2.09. The van der Waals surface area contributed by atoms with Crippen molar-refractivity contribution >= 4 is 27.5 Å². The van der Waals surface area contributed by atoms with E-state index in [-0.39, 0.29) is 5.91 Å². The fraction of sp³-hybridized carbons (Fsp3) is 0.294. The highest BCUT2D eigenvalue weighted by Gasteiger charge is 2.30. The molecule has 26 heavy (non-hydrogen) atoms. The molecule has 0 aliphatic heterocycles. The number of hydrogen-bond donors (Lipinski definition) is 1. The minimum Gasteiger partial charge on any atom is -0.383 e. The number of ether oxygens (including phenoxy) is 1. The van der Waals surface area contributed by atoms with Crippen molar-refractivity contribution in [3.8, 4) is 5.69 Å². The van der Waals surface area contributed by atoms with Crippen molar-refractivity contribution in [1.29, 1.82) is 0 Å². The maximum Gasteiger partial charge on any atom is 0.416 e. The highest BCUT2D eigenvalue weighted by Crippen LogP contribution is 2.33. The van der Waals surface area contributed by atoms with E-state index in [4.69, 9.17) is 4.74 Å². The van der Waals surface area contributed by atoms with Gasteiger partial charge in [-0.1, -0.05) is 6.07 Å². The summed E-state index contributed by atoms with van der Waals surface area (Å²) in [5.74, 6) is -0.252. The van der Waals surface area contributed by atoms with Gasteiger partial charge in [0.15, 0.2) is 0 Å². The molecular weight excluding hydrogens is 367 g/mol. The van der Waals surface area contributed by atoms with Gasteiger partial charge < -0.3 is 10.1 Å². The van der Waals surface area contributed by atoms with E-state index in [0.717, 1.165) is 17.5 Å². The number of aromatic nitrogens is 2. The number of thiophene rings is 1. The number of hydrogen-bond acceptors (Lipinski definition) is 4. The third-order valence-electron chi connectivity index (χ3n) is 3.78. The zero-order chi connectivity index (χ0) is 18.9. The van der Waals surface area contributed by atoms with Crippen LogP contribution < -0.4 is 5.32 Å². The van der Waals surface area contributed by atoms with Gasteiger partial charge in [0.1, 0.15) is 4.83 Å². The number of nitrogens with zero attached hydrogens (tertiary/aromatic N) is 2. The maximum absolute atomic E-state index is 13.0. The van der Waals surface area contributed by atoms with Gasteiger partial charge in [-0.3, -0.25) is 4.79 Å². The molecule has 0 spiro atoms. The van der Waals surface area contributed by atoms with Crippen LogP contribution in [0.4, 0.5) is 13.2 Å². The molecule has 0 aliphatic carbocycles. The van der Waals surface area contributed by atoms with Crippen LogP contribution in [-0.4, -0.2) is 35.9 Å². The summed E-state index contributed by atoms with van der Waals surface area (Å²) in [5, 5.41) is 7.79. The summed E-state index contributed by atoms with van der Waals surface area (Å²) < 4.78 is 45.2. The Hall–Kier alpha value is -2.39. The molecule has 2 aromatic heterocycles. The first-order valence-corrected chi connectivity index (χ1v) is 8.57. The number of nitrogens with one attached hydrogen (secondary N) is 1. The van der Waals surface area contributed by atoms with Gasteiger partial charge in [-0.05, 0) is 31.2 Å². The maximum atomic E-state index is 13.0. The molecule has 0 atom stereocenters. The molecule has 1 aromatic carbocycles. The molecule has 0 radical (unpaired) electrons. The average molecular weight is 383 g/mol. The molecule has 0 unspecified atom stereocenters. The molecule has 9 heteroatoms. The first kappa shape index (κ1) is 18.4. The van der Waals surface area contributed by atoms with E-state index < -0.39 is 11.7 Å². The molecular formula is C17H16F3N3O2S. The Morgan fingerprint density at radius 3 is 2.81 bits per heavy atom. The van der Waals surface area contributed by atoms with Gasteiger partial charge in [-0.2, -0.15) is 18.3 Å².